The number of anilines is 2. The van der Waals surface area contributed by atoms with E-state index in [1.807, 2.05) is 31.2 Å². The average molecular weight is 393 g/mol. The minimum absolute atomic E-state index is 0.0173. The zero-order valence-electron chi connectivity index (χ0n) is 13.6. The first kappa shape index (κ1) is 18.1. The lowest BCUT2D eigenvalue weighted by atomic mass is 10.1. The molecule has 26 heavy (non-hydrogen) atoms. The highest BCUT2D eigenvalue weighted by Crippen LogP contribution is 2.30. The van der Waals surface area contributed by atoms with Gasteiger partial charge in [-0.2, -0.15) is 8.42 Å². The van der Waals surface area contributed by atoms with E-state index in [0.717, 1.165) is 17.2 Å². The fraction of sp³-hybridized carbons (Fsp3) is 0.0588. The summed E-state index contributed by atoms with van der Waals surface area (Å²) in [5.41, 5.74) is 7.54. The van der Waals surface area contributed by atoms with Gasteiger partial charge in [-0.15, -0.1) is 0 Å². The van der Waals surface area contributed by atoms with Crippen LogP contribution in [-0.4, -0.2) is 18.4 Å². The van der Waals surface area contributed by atoms with Crippen molar-refractivity contribution in [3.63, 3.8) is 0 Å². The summed E-state index contributed by atoms with van der Waals surface area (Å²) in [4.78, 5) is 7.81. The summed E-state index contributed by atoms with van der Waals surface area (Å²) in [5.74, 6) is -1.15. The highest BCUT2D eigenvalue weighted by Gasteiger charge is 2.22. The van der Waals surface area contributed by atoms with E-state index in [1.165, 1.54) is 18.2 Å². The molecule has 0 aliphatic carbocycles. The van der Waals surface area contributed by atoms with Gasteiger partial charge in [0.1, 0.15) is 11.6 Å². The minimum atomic E-state index is -4.31. The molecule has 2 heterocycles. The summed E-state index contributed by atoms with van der Waals surface area (Å²) in [6, 6.07) is 12.4. The number of hydrogen-bond donors (Lipinski definition) is 2. The van der Waals surface area contributed by atoms with E-state index < -0.39 is 20.9 Å². The zero-order chi connectivity index (χ0) is 18.9. The quantitative estimate of drug-likeness (QED) is 0.706. The molecule has 0 aliphatic rings. The number of aromatic nitrogens is 2. The first-order chi connectivity index (χ1) is 12.3. The molecule has 1 aromatic carbocycles. The van der Waals surface area contributed by atoms with E-state index in [0.29, 0.717) is 10.7 Å². The molecular weight excluding hydrogens is 379 g/mol. The molecule has 0 saturated heterocycles. The largest absolute Gasteiger partial charge is 0.384 e. The molecule has 0 spiro atoms. The van der Waals surface area contributed by atoms with Crippen LogP contribution in [0.25, 0.3) is 11.3 Å². The number of nitrogen functional groups attached to an aromatic ring is 1. The smallest absolute Gasteiger partial charge is 0.283 e. The average Bonchev–Trinajstić information content (AvgIpc) is 2.59. The number of hydrogen-bond acceptors (Lipinski definition) is 5. The number of nitrogens with zero attached hydrogens (tertiary/aromatic N) is 2. The molecule has 0 amide bonds. The lowest BCUT2D eigenvalue weighted by molar-refractivity contribution is 0.557. The highest BCUT2D eigenvalue weighted by atomic mass is 35.5. The molecule has 0 saturated carbocycles. The molecule has 3 rings (SSSR count). The molecule has 3 N–H and O–H groups in total. The van der Waals surface area contributed by atoms with E-state index in [1.54, 1.807) is 0 Å². The number of pyridine rings is 2. The third-order valence-corrected chi connectivity index (χ3v) is 5.15. The second-order valence-electron chi connectivity index (χ2n) is 5.47. The fourth-order valence-corrected chi connectivity index (χ4v) is 3.58. The van der Waals surface area contributed by atoms with Crippen LogP contribution in [0.1, 0.15) is 5.56 Å². The van der Waals surface area contributed by atoms with Crippen LogP contribution in [0.5, 0.6) is 0 Å². The molecule has 134 valence electrons. The minimum Gasteiger partial charge on any atom is -0.384 e. The third kappa shape index (κ3) is 3.61. The van der Waals surface area contributed by atoms with Crippen molar-refractivity contribution in [1.29, 1.82) is 0 Å². The zero-order valence-corrected chi connectivity index (χ0v) is 15.1. The van der Waals surface area contributed by atoms with Gasteiger partial charge < -0.3 is 5.73 Å². The Balaban J connectivity index is 2.02. The van der Waals surface area contributed by atoms with Crippen molar-refractivity contribution >= 4 is 33.3 Å². The maximum Gasteiger partial charge on any atom is 0.283 e. The number of rotatable bonds is 4. The van der Waals surface area contributed by atoms with E-state index in [9.17, 15) is 12.8 Å². The van der Waals surface area contributed by atoms with Gasteiger partial charge >= 0.3 is 0 Å². The Bertz CT molecular complexity index is 1090. The summed E-state index contributed by atoms with van der Waals surface area (Å²) >= 11 is 6.21. The van der Waals surface area contributed by atoms with Crippen molar-refractivity contribution in [3.05, 3.63) is 64.9 Å². The normalized spacial score (nSPS) is 11.3. The lowest BCUT2D eigenvalue weighted by Gasteiger charge is -2.11. The van der Waals surface area contributed by atoms with Crippen molar-refractivity contribution in [2.24, 2.45) is 0 Å². The summed E-state index contributed by atoms with van der Waals surface area (Å²) in [7, 11) is -4.31. The summed E-state index contributed by atoms with van der Waals surface area (Å²) in [6.07, 6.45) is 0. The van der Waals surface area contributed by atoms with Crippen molar-refractivity contribution in [2.75, 3.05) is 10.5 Å². The Kier molecular flexibility index (Phi) is 4.80. The number of sulfonamides is 1. The van der Waals surface area contributed by atoms with Gasteiger partial charge in [-0.05, 0) is 36.8 Å². The SMILES string of the molecule is Cc1ccccc1-c1nc(NS(=O)(=O)c2nc(N)ccc2F)ccc1Cl. The van der Waals surface area contributed by atoms with E-state index in [4.69, 9.17) is 17.3 Å². The van der Waals surface area contributed by atoms with Crippen LogP contribution in [0.15, 0.2) is 53.6 Å². The standard InChI is InChI=1S/C17H14ClFN4O2S/c1-10-4-2-3-5-11(10)16-12(18)6-9-15(22-16)23-26(24,25)17-13(19)7-8-14(20)21-17/h2-9H,1H3,(H2,20,21)(H,22,23). The summed E-state index contributed by atoms with van der Waals surface area (Å²) in [5, 5.41) is -0.442. The van der Waals surface area contributed by atoms with Gasteiger partial charge in [-0.25, -0.2) is 14.4 Å². The molecule has 3 aromatic rings. The third-order valence-electron chi connectivity index (χ3n) is 3.58. The summed E-state index contributed by atoms with van der Waals surface area (Å²) < 4.78 is 40.9. The number of nitrogens with one attached hydrogen (secondary N) is 1. The number of aryl methyl sites for hydroxylation is 1. The molecule has 0 unspecified atom stereocenters. The predicted octanol–water partition coefficient (Wildman–Crippen LogP) is 3.63. The molecule has 2 aromatic heterocycles. The van der Waals surface area contributed by atoms with Gasteiger partial charge in [0.25, 0.3) is 10.0 Å². The number of halogens is 2. The van der Waals surface area contributed by atoms with Gasteiger partial charge in [0.2, 0.25) is 5.03 Å². The second kappa shape index (κ2) is 6.89. The molecular formula is C17H14ClFN4O2S. The maximum atomic E-state index is 13.9. The van der Waals surface area contributed by atoms with Crippen LogP contribution in [0, 0.1) is 12.7 Å². The fourth-order valence-electron chi connectivity index (χ4n) is 2.34. The van der Waals surface area contributed by atoms with E-state index >= 15 is 0 Å². The van der Waals surface area contributed by atoms with Crippen LogP contribution >= 0.6 is 11.6 Å². The van der Waals surface area contributed by atoms with Crippen molar-refractivity contribution < 1.29 is 12.8 Å². The Morgan fingerprint density at radius 3 is 2.54 bits per heavy atom. The molecule has 9 heteroatoms. The van der Waals surface area contributed by atoms with Crippen LogP contribution in [0.3, 0.4) is 0 Å². The lowest BCUT2D eigenvalue weighted by Crippen LogP contribution is -2.18. The van der Waals surface area contributed by atoms with Gasteiger partial charge in [0, 0.05) is 5.56 Å². The second-order valence-corrected chi connectivity index (χ2v) is 7.48. The number of benzene rings is 1. The maximum absolute atomic E-state index is 13.9. The molecule has 6 nitrogen and oxygen atoms in total. The van der Waals surface area contributed by atoms with Crippen molar-refractivity contribution in [1.82, 2.24) is 9.97 Å². The Morgan fingerprint density at radius 1 is 1.08 bits per heavy atom. The molecule has 0 radical (unpaired) electrons. The topological polar surface area (TPSA) is 98.0 Å². The first-order valence-corrected chi connectivity index (χ1v) is 9.31. The van der Waals surface area contributed by atoms with Crippen molar-refractivity contribution in [2.45, 2.75) is 11.9 Å². The van der Waals surface area contributed by atoms with Crippen LogP contribution in [-0.2, 0) is 10.0 Å². The van der Waals surface area contributed by atoms with E-state index in [-0.39, 0.29) is 11.6 Å². The predicted molar refractivity (Wildman–Crippen MR) is 98.8 cm³/mol. The molecule has 0 atom stereocenters. The molecule has 0 bridgehead atoms. The van der Waals surface area contributed by atoms with Crippen LogP contribution in [0.2, 0.25) is 5.02 Å². The number of nitrogens with two attached hydrogens (primary N) is 1. The van der Waals surface area contributed by atoms with Crippen LogP contribution in [0.4, 0.5) is 16.0 Å². The van der Waals surface area contributed by atoms with Crippen LogP contribution < -0.4 is 10.5 Å². The molecule has 0 fully saturated rings. The Morgan fingerprint density at radius 2 is 1.81 bits per heavy atom. The molecule has 0 aliphatic heterocycles. The Hall–Kier alpha value is -2.71. The Labute approximate surface area is 154 Å². The van der Waals surface area contributed by atoms with Crippen molar-refractivity contribution in [3.8, 4) is 11.3 Å². The van der Waals surface area contributed by atoms with Gasteiger partial charge in [0.05, 0.1) is 10.7 Å². The van der Waals surface area contributed by atoms with E-state index in [2.05, 4.69) is 14.7 Å². The first-order valence-electron chi connectivity index (χ1n) is 7.45. The van der Waals surface area contributed by atoms with Gasteiger partial charge in [-0.1, -0.05) is 35.9 Å². The van der Waals surface area contributed by atoms with Gasteiger partial charge in [0.15, 0.2) is 5.82 Å². The summed E-state index contributed by atoms with van der Waals surface area (Å²) in [6.45, 7) is 1.89. The highest BCUT2D eigenvalue weighted by molar-refractivity contribution is 7.92. The van der Waals surface area contributed by atoms with Gasteiger partial charge in [-0.3, -0.25) is 4.72 Å². The monoisotopic (exact) mass is 392 g/mol.